The lowest BCUT2D eigenvalue weighted by Gasteiger charge is -2.19. The summed E-state index contributed by atoms with van der Waals surface area (Å²) in [5.74, 6) is -1.44. The first-order valence-electron chi connectivity index (χ1n) is 8.76. The van der Waals surface area contributed by atoms with E-state index < -0.39 is 11.8 Å². The minimum atomic E-state index is -0.734. The molecule has 0 aliphatic carbocycles. The van der Waals surface area contributed by atoms with Crippen molar-refractivity contribution in [2.45, 2.75) is 26.8 Å². The highest BCUT2D eigenvalue weighted by molar-refractivity contribution is 7.08. The van der Waals surface area contributed by atoms with Gasteiger partial charge in [0.15, 0.2) is 0 Å². The molecule has 8 heteroatoms. The van der Waals surface area contributed by atoms with Gasteiger partial charge in [-0.1, -0.05) is 17.7 Å². The van der Waals surface area contributed by atoms with Crippen LogP contribution in [0.15, 0.2) is 41.1 Å². The molecule has 1 atom stereocenters. The number of anilines is 1. The van der Waals surface area contributed by atoms with E-state index in [4.69, 9.17) is 11.6 Å². The summed E-state index contributed by atoms with van der Waals surface area (Å²) in [5.41, 5.74) is 4.15. The van der Waals surface area contributed by atoms with Crippen molar-refractivity contribution in [3.05, 3.63) is 68.6 Å². The number of benzene rings is 1. The third kappa shape index (κ3) is 4.43. The molecular formula is C20H21ClN4O2S. The van der Waals surface area contributed by atoms with Crippen LogP contribution in [0.1, 0.15) is 28.6 Å². The quantitative estimate of drug-likeness (QED) is 0.620. The van der Waals surface area contributed by atoms with Gasteiger partial charge in [0.2, 0.25) is 0 Å². The molecule has 0 aliphatic rings. The third-order valence-corrected chi connectivity index (χ3v) is 5.56. The summed E-state index contributed by atoms with van der Waals surface area (Å²) in [5, 5.41) is 14.4. The van der Waals surface area contributed by atoms with Crippen molar-refractivity contribution in [1.82, 2.24) is 15.1 Å². The van der Waals surface area contributed by atoms with Gasteiger partial charge >= 0.3 is 11.8 Å². The second kappa shape index (κ2) is 8.58. The van der Waals surface area contributed by atoms with Crippen LogP contribution < -0.4 is 10.6 Å². The van der Waals surface area contributed by atoms with Crippen LogP contribution in [0.2, 0.25) is 5.02 Å². The van der Waals surface area contributed by atoms with Crippen LogP contribution in [-0.4, -0.2) is 28.1 Å². The molecule has 2 N–H and O–H groups in total. The molecule has 0 spiro atoms. The van der Waals surface area contributed by atoms with Crippen molar-refractivity contribution >= 4 is 40.4 Å². The number of carbonyl (C=O) groups is 2. The van der Waals surface area contributed by atoms with Crippen molar-refractivity contribution < 1.29 is 9.59 Å². The maximum atomic E-state index is 12.4. The molecule has 28 heavy (non-hydrogen) atoms. The van der Waals surface area contributed by atoms with E-state index in [0.29, 0.717) is 16.3 Å². The highest BCUT2D eigenvalue weighted by Gasteiger charge is 2.21. The molecule has 0 unspecified atom stereocenters. The zero-order valence-corrected chi connectivity index (χ0v) is 17.4. The van der Waals surface area contributed by atoms with Crippen LogP contribution in [0.4, 0.5) is 5.69 Å². The van der Waals surface area contributed by atoms with Gasteiger partial charge in [-0.2, -0.15) is 16.4 Å². The molecule has 0 saturated heterocycles. The minimum absolute atomic E-state index is 0.190. The first-order valence-corrected chi connectivity index (χ1v) is 10.1. The Bertz CT molecular complexity index is 998. The predicted octanol–water partition coefficient (Wildman–Crippen LogP) is 3.87. The Morgan fingerprint density at radius 1 is 1.21 bits per heavy atom. The molecule has 0 bridgehead atoms. The van der Waals surface area contributed by atoms with Crippen LogP contribution in [0.25, 0.3) is 0 Å². The van der Waals surface area contributed by atoms with Gasteiger partial charge in [0, 0.05) is 22.9 Å². The Hall–Kier alpha value is -2.64. The van der Waals surface area contributed by atoms with E-state index in [1.165, 1.54) is 0 Å². The topological polar surface area (TPSA) is 76.0 Å². The fraction of sp³-hybridized carbons (Fsp3) is 0.250. The van der Waals surface area contributed by atoms with Crippen LogP contribution in [-0.2, 0) is 9.59 Å². The van der Waals surface area contributed by atoms with Gasteiger partial charge < -0.3 is 10.6 Å². The molecule has 2 aromatic heterocycles. The molecule has 0 saturated carbocycles. The summed E-state index contributed by atoms with van der Waals surface area (Å²) in [6, 6.07) is 8.94. The molecule has 2 heterocycles. The highest BCUT2D eigenvalue weighted by atomic mass is 35.5. The standard InChI is InChI=1S/C20H21ClN4O2S/c1-12-9-13(2)25(24-12)18(15-7-8-28-11-15)10-22-19(26)20(27)23-17-6-4-5-16(21)14(17)3/h4-9,11,18H,10H2,1-3H3,(H,22,26)(H,23,27)/t18-/m0/s1. The van der Waals surface area contributed by atoms with E-state index in [0.717, 1.165) is 17.0 Å². The highest BCUT2D eigenvalue weighted by Crippen LogP contribution is 2.23. The summed E-state index contributed by atoms with van der Waals surface area (Å²) in [6.07, 6.45) is 0. The van der Waals surface area contributed by atoms with Crippen LogP contribution >= 0.6 is 22.9 Å². The van der Waals surface area contributed by atoms with Crippen LogP contribution in [0.3, 0.4) is 0 Å². The molecule has 1 aromatic carbocycles. The number of thiophene rings is 1. The van der Waals surface area contributed by atoms with Crippen molar-refractivity contribution in [3.8, 4) is 0 Å². The van der Waals surface area contributed by atoms with Gasteiger partial charge in [-0.3, -0.25) is 14.3 Å². The Balaban J connectivity index is 1.71. The molecule has 2 amide bonds. The van der Waals surface area contributed by atoms with Gasteiger partial charge in [-0.05, 0) is 66.9 Å². The van der Waals surface area contributed by atoms with Gasteiger partial charge in [-0.15, -0.1) is 0 Å². The van der Waals surface area contributed by atoms with Gasteiger partial charge in [0.1, 0.15) is 0 Å². The number of nitrogens with one attached hydrogen (secondary N) is 2. The summed E-state index contributed by atoms with van der Waals surface area (Å²) in [7, 11) is 0. The SMILES string of the molecule is Cc1cc(C)n([C@@H](CNC(=O)C(=O)Nc2cccc(Cl)c2C)c2ccsc2)n1. The number of aromatic nitrogens is 2. The minimum Gasteiger partial charge on any atom is -0.345 e. The fourth-order valence-electron chi connectivity index (χ4n) is 2.96. The largest absolute Gasteiger partial charge is 0.345 e. The smallest absolute Gasteiger partial charge is 0.313 e. The van der Waals surface area contributed by atoms with E-state index in [-0.39, 0.29) is 12.6 Å². The number of rotatable bonds is 5. The Morgan fingerprint density at radius 2 is 2.00 bits per heavy atom. The number of nitrogens with zero attached hydrogens (tertiary/aromatic N) is 2. The number of hydrogen-bond donors (Lipinski definition) is 2. The Labute approximate surface area is 172 Å². The average molecular weight is 417 g/mol. The second-order valence-corrected chi connectivity index (χ2v) is 7.71. The zero-order valence-electron chi connectivity index (χ0n) is 15.8. The fourth-order valence-corrected chi connectivity index (χ4v) is 3.84. The van der Waals surface area contributed by atoms with Gasteiger partial charge in [0.25, 0.3) is 0 Å². The lowest BCUT2D eigenvalue weighted by Crippen LogP contribution is -2.39. The average Bonchev–Trinajstić information content (AvgIpc) is 3.29. The lowest BCUT2D eigenvalue weighted by atomic mass is 10.1. The van der Waals surface area contributed by atoms with E-state index in [1.54, 1.807) is 36.5 Å². The van der Waals surface area contributed by atoms with E-state index in [1.807, 2.05) is 41.4 Å². The van der Waals surface area contributed by atoms with E-state index >= 15 is 0 Å². The molecule has 3 rings (SSSR count). The van der Waals surface area contributed by atoms with E-state index in [2.05, 4.69) is 15.7 Å². The number of carbonyl (C=O) groups excluding carboxylic acids is 2. The van der Waals surface area contributed by atoms with Crippen molar-refractivity contribution in [3.63, 3.8) is 0 Å². The first-order chi connectivity index (χ1) is 13.4. The summed E-state index contributed by atoms with van der Waals surface area (Å²) >= 11 is 7.64. The molecule has 6 nitrogen and oxygen atoms in total. The summed E-state index contributed by atoms with van der Waals surface area (Å²) < 4.78 is 1.87. The molecule has 3 aromatic rings. The molecular weight excluding hydrogens is 396 g/mol. The second-order valence-electron chi connectivity index (χ2n) is 6.52. The van der Waals surface area contributed by atoms with E-state index in [9.17, 15) is 9.59 Å². The number of aryl methyl sites for hydroxylation is 2. The molecule has 0 radical (unpaired) electrons. The normalized spacial score (nSPS) is 11.9. The maximum absolute atomic E-state index is 12.4. The monoisotopic (exact) mass is 416 g/mol. The summed E-state index contributed by atoms with van der Waals surface area (Å²) in [6.45, 7) is 5.92. The Morgan fingerprint density at radius 3 is 2.64 bits per heavy atom. The lowest BCUT2D eigenvalue weighted by molar-refractivity contribution is -0.136. The zero-order chi connectivity index (χ0) is 20.3. The number of hydrogen-bond acceptors (Lipinski definition) is 4. The van der Waals surface area contributed by atoms with Crippen LogP contribution in [0, 0.1) is 20.8 Å². The van der Waals surface area contributed by atoms with Gasteiger partial charge in [-0.25, -0.2) is 0 Å². The number of halogens is 1. The summed E-state index contributed by atoms with van der Waals surface area (Å²) in [4.78, 5) is 24.7. The molecule has 0 fully saturated rings. The third-order valence-electron chi connectivity index (χ3n) is 4.45. The van der Waals surface area contributed by atoms with Gasteiger partial charge in [0.05, 0.1) is 11.7 Å². The maximum Gasteiger partial charge on any atom is 0.313 e. The Kier molecular flexibility index (Phi) is 6.16. The predicted molar refractivity (Wildman–Crippen MR) is 112 cm³/mol. The van der Waals surface area contributed by atoms with Crippen molar-refractivity contribution in [1.29, 1.82) is 0 Å². The number of amides is 2. The van der Waals surface area contributed by atoms with Crippen molar-refractivity contribution in [2.24, 2.45) is 0 Å². The van der Waals surface area contributed by atoms with Crippen molar-refractivity contribution in [2.75, 3.05) is 11.9 Å². The molecule has 0 aliphatic heterocycles. The van der Waals surface area contributed by atoms with Crippen LogP contribution in [0.5, 0.6) is 0 Å². The molecule has 146 valence electrons. The first kappa shape index (κ1) is 20.1.